The van der Waals surface area contributed by atoms with Crippen LogP contribution in [0, 0.1) is 11.7 Å². The molecule has 0 unspecified atom stereocenters. The zero-order valence-corrected chi connectivity index (χ0v) is 16.2. The number of carbonyl (C=O) groups excluding carboxylic acids is 1. The van der Waals surface area contributed by atoms with Crippen molar-refractivity contribution in [1.29, 1.82) is 0 Å². The van der Waals surface area contributed by atoms with Gasteiger partial charge in [0.25, 0.3) is 0 Å². The van der Waals surface area contributed by atoms with Gasteiger partial charge in [0.15, 0.2) is 0 Å². The van der Waals surface area contributed by atoms with E-state index in [-0.39, 0.29) is 11.7 Å². The van der Waals surface area contributed by atoms with Gasteiger partial charge in [0.2, 0.25) is 5.91 Å². The molecule has 0 bridgehead atoms. The summed E-state index contributed by atoms with van der Waals surface area (Å²) in [4.78, 5) is 21.2. The van der Waals surface area contributed by atoms with Gasteiger partial charge in [-0.25, -0.2) is 9.37 Å². The fourth-order valence-corrected chi connectivity index (χ4v) is 3.74. The third-order valence-electron chi connectivity index (χ3n) is 5.31. The van der Waals surface area contributed by atoms with E-state index >= 15 is 0 Å². The van der Waals surface area contributed by atoms with Crippen molar-refractivity contribution >= 4 is 5.91 Å². The molecule has 146 valence electrons. The molecule has 0 N–H and O–H groups in total. The zero-order valence-electron chi connectivity index (χ0n) is 16.2. The fraction of sp³-hybridized carbons (Fsp3) is 0.524. The third kappa shape index (κ3) is 5.39. The Morgan fingerprint density at radius 2 is 2.04 bits per heavy atom. The van der Waals surface area contributed by atoms with Crippen molar-refractivity contribution in [3.05, 3.63) is 54.4 Å². The largest absolute Gasteiger partial charge is 0.341 e. The molecule has 0 aliphatic carbocycles. The first-order valence-corrected chi connectivity index (χ1v) is 9.75. The summed E-state index contributed by atoms with van der Waals surface area (Å²) in [6.45, 7) is 8.38. The van der Waals surface area contributed by atoms with E-state index in [0.717, 1.165) is 38.2 Å². The number of aryl methyl sites for hydroxylation is 1. The lowest BCUT2D eigenvalue weighted by molar-refractivity contribution is -0.132. The Labute approximate surface area is 160 Å². The van der Waals surface area contributed by atoms with Gasteiger partial charge in [-0.15, -0.1) is 0 Å². The Morgan fingerprint density at radius 1 is 1.26 bits per heavy atom. The number of hydrogen-bond donors (Lipinski definition) is 0. The molecule has 1 amide bonds. The molecule has 1 aliphatic heterocycles. The van der Waals surface area contributed by atoms with Crippen LogP contribution in [0.2, 0.25) is 0 Å². The lowest BCUT2D eigenvalue weighted by Crippen LogP contribution is -2.45. The van der Waals surface area contributed by atoms with Crippen LogP contribution in [0.25, 0.3) is 0 Å². The summed E-state index contributed by atoms with van der Waals surface area (Å²) in [7, 11) is 0. The molecule has 27 heavy (non-hydrogen) atoms. The van der Waals surface area contributed by atoms with Gasteiger partial charge < -0.3 is 9.47 Å². The SMILES string of the molecule is CC(C)[C@H]1CN(C(=O)CCn2ccnc2)CCCN1Cc1ccc(F)cc1. The predicted molar refractivity (Wildman–Crippen MR) is 103 cm³/mol. The molecule has 5 nitrogen and oxygen atoms in total. The number of aromatic nitrogens is 2. The van der Waals surface area contributed by atoms with Crippen LogP contribution in [0.5, 0.6) is 0 Å². The van der Waals surface area contributed by atoms with Crippen molar-refractivity contribution in [3.63, 3.8) is 0 Å². The highest BCUT2D eigenvalue weighted by Crippen LogP contribution is 2.20. The molecule has 1 aliphatic rings. The molecular formula is C21H29FN4O. The molecule has 1 fully saturated rings. The first-order chi connectivity index (χ1) is 13.0. The molecule has 1 saturated heterocycles. The monoisotopic (exact) mass is 372 g/mol. The minimum Gasteiger partial charge on any atom is -0.341 e. The number of imidazole rings is 1. The van der Waals surface area contributed by atoms with E-state index in [1.807, 2.05) is 27.8 Å². The number of carbonyl (C=O) groups is 1. The van der Waals surface area contributed by atoms with Crippen LogP contribution < -0.4 is 0 Å². The van der Waals surface area contributed by atoms with Crippen LogP contribution in [-0.2, 0) is 17.9 Å². The quantitative estimate of drug-likeness (QED) is 0.782. The number of rotatable bonds is 6. The first-order valence-electron chi connectivity index (χ1n) is 9.75. The predicted octanol–water partition coefficient (Wildman–Crippen LogP) is 3.17. The Kier molecular flexibility index (Phi) is 6.61. The third-order valence-corrected chi connectivity index (χ3v) is 5.31. The maximum Gasteiger partial charge on any atom is 0.224 e. The lowest BCUT2D eigenvalue weighted by Gasteiger charge is -2.34. The van der Waals surface area contributed by atoms with Crippen LogP contribution in [0.15, 0.2) is 43.0 Å². The van der Waals surface area contributed by atoms with E-state index in [1.165, 1.54) is 12.1 Å². The second-order valence-electron chi connectivity index (χ2n) is 7.65. The van der Waals surface area contributed by atoms with Crippen molar-refractivity contribution in [2.75, 3.05) is 19.6 Å². The molecule has 3 rings (SSSR count). The smallest absolute Gasteiger partial charge is 0.224 e. The van der Waals surface area contributed by atoms with E-state index < -0.39 is 0 Å². The van der Waals surface area contributed by atoms with Crippen molar-refractivity contribution < 1.29 is 9.18 Å². The zero-order chi connectivity index (χ0) is 19.2. The molecule has 0 saturated carbocycles. The topological polar surface area (TPSA) is 41.4 Å². The average Bonchev–Trinajstić information content (AvgIpc) is 3.08. The van der Waals surface area contributed by atoms with E-state index in [1.54, 1.807) is 12.5 Å². The lowest BCUT2D eigenvalue weighted by atomic mass is 10.0. The first kappa shape index (κ1) is 19.5. The molecule has 1 aromatic heterocycles. The van der Waals surface area contributed by atoms with Crippen LogP contribution in [0.1, 0.15) is 32.3 Å². The summed E-state index contributed by atoms with van der Waals surface area (Å²) in [6.07, 6.45) is 6.83. The van der Waals surface area contributed by atoms with Gasteiger partial charge in [-0.2, -0.15) is 0 Å². The molecule has 1 atom stereocenters. The Balaban J connectivity index is 1.63. The fourth-order valence-electron chi connectivity index (χ4n) is 3.74. The summed E-state index contributed by atoms with van der Waals surface area (Å²) < 4.78 is 15.1. The maximum absolute atomic E-state index is 13.2. The summed E-state index contributed by atoms with van der Waals surface area (Å²) >= 11 is 0. The normalized spacial score (nSPS) is 18.7. The summed E-state index contributed by atoms with van der Waals surface area (Å²) in [6, 6.07) is 7.04. The standard InChI is InChI=1S/C21H29FN4O/c1-17(2)20-15-26(21(27)8-12-24-13-9-23-16-24)11-3-10-25(20)14-18-4-6-19(22)7-5-18/h4-7,9,13,16-17,20H,3,8,10-12,14-15H2,1-2H3/t20-/m1/s1. The van der Waals surface area contributed by atoms with Gasteiger partial charge >= 0.3 is 0 Å². The number of amides is 1. The van der Waals surface area contributed by atoms with Crippen LogP contribution in [-0.4, -0.2) is 50.9 Å². The Bertz CT molecular complexity index is 714. The second-order valence-corrected chi connectivity index (χ2v) is 7.65. The van der Waals surface area contributed by atoms with Crippen LogP contribution in [0.3, 0.4) is 0 Å². The minimum absolute atomic E-state index is 0.204. The van der Waals surface area contributed by atoms with Gasteiger partial charge in [-0.1, -0.05) is 26.0 Å². The number of benzene rings is 1. The number of hydrogen-bond acceptors (Lipinski definition) is 3. The maximum atomic E-state index is 13.2. The minimum atomic E-state index is -0.204. The molecule has 2 aromatic rings. The molecular weight excluding hydrogens is 343 g/mol. The van der Waals surface area contributed by atoms with Crippen LogP contribution >= 0.6 is 0 Å². The molecule has 6 heteroatoms. The summed E-state index contributed by atoms with van der Waals surface area (Å²) in [5, 5.41) is 0. The van der Waals surface area contributed by atoms with E-state index in [0.29, 0.717) is 24.9 Å². The van der Waals surface area contributed by atoms with Gasteiger partial charge in [-0.3, -0.25) is 9.69 Å². The Morgan fingerprint density at radius 3 is 2.70 bits per heavy atom. The van der Waals surface area contributed by atoms with Crippen LogP contribution in [0.4, 0.5) is 4.39 Å². The number of nitrogens with zero attached hydrogens (tertiary/aromatic N) is 4. The molecule has 2 heterocycles. The van der Waals surface area contributed by atoms with Gasteiger partial charge in [0, 0.05) is 57.6 Å². The highest BCUT2D eigenvalue weighted by Gasteiger charge is 2.29. The number of halogens is 1. The summed E-state index contributed by atoms with van der Waals surface area (Å²) in [5.41, 5.74) is 1.11. The van der Waals surface area contributed by atoms with E-state index in [2.05, 4.69) is 23.7 Å². The van der Waals surface area contributed by atoms with Crippen molar-refractivity contribution in [2.45, 2.75) is 45.8 Å². The highest BCUT2D eigenvalue weighted by atomic mass is 19.1. The second kappa shape index (κ2) is 9.13. The highest BCUT2D eigenvalue weighted by molar-refractivity contribution is 5.76. The van der Waals surface area contributed by atoms with Gasteiger partial charge in [-0.05, 0) is 30.0 Å². The van der Waals surface area contributed by atoms with Gasteiger partial charge in [0.1, 0.15) is 5.82 Å². The van der Waals surface area contributed by atoms with E-state index in [4.69, 9.17) is 0 Å². The summed E-state index contributed by atoms with van der Waals surface area (Å²) in [5.74, 6) is 0.440. The molecule has 0 radical (unpaired) electrons. The van der Waals surface area contributed by atoms with Gasteiger partial charge in [0.05, 0.1) is 6.33 Å². The molecule has 1 aromatic carbocycles. The molecule has 0 spiro atoms. The Hall–Kier alpha value is -2.21. The van der Waals surface area contributed by atoms with E-state index in [9.17, 15) is 9.18 Å². The average molecular weight is 372 g/mol. The van der Waals surface area contributed by atoms with Crippen molar-refractivity contribution in [2.24, 2.45) is 5.92 Å². The van der Waals surface area contributed by atoms with Crippen molar-refractivity contribution in [3.8, 4) is 0 Å². The van der Waals surface area contributed by atoms with Crippen molar-refractivity contribution in [1.82, 2.24) is 19.4 Å².